The third-order valence-corrected chi connectivity index (χ3v) is 3.31. The van der Waals surface area contributed by atoms with Gasteiger partial charge >= 0.3 is 0 Å². The number of halogens is 1. The number of nitrogens with two attached hydrogens (primary N) is 1. The summed E-state index contributed by atoms with van der Waals surface area (Å²) >= 11 is 0. The summed E-state index contributed by atoms with van der Waals surface area (Å²) in [6.45, 7) is 3.97. The van der Waals surface area contributed by atoms with Gasteiger partial charge in [0.15, 0.2) is 0 Å². The SMILES string of the molecule is C[C@@H](N)c1cc(F)ccc1N1CCO[C@@H](CN=[N+]=[N-])C1. The van der Waals surface area contributed by atoms with Gasteiger partial charge in [-0.25, -0.2) is 4.39 Å². The van der Waals surface area contributed by atoms with Crippen molar-refractivity contribution in [2.45, 2.75) is 19.1 Å². The van der Waals surface area contributed by atoms with Crippen molar-refractivity contribution in [3.63, 3.8) is 0 Å². The van der Waals surface area contributed by atoms with Gasteiger partial charge < -0.3 is 15.4 Å². The third-order valence-electron chi connectivity index (χ3n) is 3.31. The lowest BCUT2D eigenvalue weighted by Crippen LogP contribution is -2.44. The zero-order valence-corrected chi connectivity index (χ0v) is 11.4. The Morgan fingerprint density at radius 3 is 3.15 bits per heavy atom. The highest BCUT2D eigenvalue weighted by molar-refractivity contribution is 5.55. The minimum Gasteiger partial charge on any atom is -0.374 e. The minimum atomic E-state index is -0.292. The van der Waals surface area contributed by atoms with Gasteiger partial charge in [-0.15, -0.1) is 0 Å². The molecular weight excluding hydrogens is 261 g/mol. The topological polar surface area (TPSA) is 87.2 Å². The maximum Gasteiger partial charge on any atom is 0.123 e. The highest BCUT2D eigenvalue weighted by atomic mass is 19.1. The van der Waals surface area contributed by atoms with E-state index in [-0.39, 0.29) is 18.0 Å². The molecule has 2 N–H and O–H groups in total. The Balaban J connectivity index is 2.20. The van der Waals surface area contributed by atoms with Crippen LogP contribution >= 0.6 is 0 Å². The molecule has 0 saturated carbocycles. The molecule has 1 heterocycles. The summed E-state index contributed by atoms with van der Waals surface area (Å²) in [5.74, 6) is -0.292. The van der Waals surface area contributed by atoms with Gasteiger partial charge in [0.1, 0.15) is 5.82 Å². The number of hydrogen-bond donors (Lipinski definition) is 1. The maximum absolute atomic E-state index is 13.4. The smallest absolute Gasteiger partial charge is 0.123 e. The molecule has 0 aliphatic carbocycles. The zero-order valence-electron chi connectivity index (χ0n) is 11.4. The van der Waals surface area contributed by atoms with Crippen molar-refractivity contribution in [1.29, 1.82) is 0 Å². The number of ether oxygens (including phenoxy) is 1. The van der Waals surface area contributed by atoms with Gasteiger partial charge in [-0.05, 0) is 36.2 Å². The van der Waals surface area contributed by atoms with Crippen LogP contribution in [0.2, 0.25) is 0 Å². The van der Waals surface area contributed by atoms with E-state index in [0.717, 1.165) is 11.3 Å². The number of nitrogens with zero attached hydrogens (tertiary/aromatic N) is 4. The van der Waals surface area contributed by atoms with Gasteiger partial charge in [0.05, 0.1) is 19.3 Å². The summed E-state index contributed by atoms with van der Waals surface area (Å²) in [5, 5.41) is 3.54. The second-order valence-electron chi connectivity index (χ2n) is 4.84. The number of rotatable bonds is 4. The van der Waals surface area contributed by atoms with Gasteiger partial charge in [0.25, 0.3) is 0 Å². The first-order valence-electron chi connectivity index (χ1n) is 6.54. The Kier molecular flexibility index (Phi) is 4.79. The van der Waals surface area contributed by atoms with Gasteiger partial charge in [-0.2, -0.15) is 0 Å². The van der Waals surface area contributed by atoms with E-state index in [1.807, 2.05) is 6.92 Å². The van der Waals surface area contributed by atoms with E-state index in [1.165, 1.54) is 12.1 Å². The number of azide groups is 1. The average Bonchev–Trinajstić information content (AvgIpc) is 2.45. The fourth-order valence-corrected chi connectivity index (χ4v) is 2.35. The molecule has 0 amide bonds. The Hall–Kier alpha value is -1.82. The molecular formula is C13H18FN5O. The first kappa shape index (κ1) is 14.6. The number of morpholine rings is 1. The van der Waals surface area contributed by atoms with Crippen LogP contribution in [0.3, 0.4) is 0 Å². The lowest BCUT2D eigenvalue weighted by atomic mass is 10.0. The van der Waals surface area contributed by atoms with E-state index in [0.29, 0.717) is 26.2 Å². The third kappa shape index (κ3) is 3.39. The molecule has 7 heteroatoms. The first-order valence-corrected chi connectivity index (χ1v) is 6.54. The van der Waals surface area contributed by atoms with Crippen molar-refractivity contribution >= 4 is 5.69 Å². The predicted octanol–water partition coefficient (Wildman–Crippen LogP) is 2.36. The highest BCUT2D eigenvalue weighted by Crippen LogP contribution is 2.27. The Bertz CT molecular complexity index is 515. The van der Waals surface area contributed by atoms with E-state index >= 15 is 0 Å². The van der Waals surface area contributed by atoms with Crippen molar-refractivity contribution in [3.05, 3.63) is 40.0 Å². The van der Waals surface area contributed by atoms with Crippen LogP contribution in [0.4, 0.5) is 10.1 Å². The molecule has 1 fully saturated rings. The van der Waals surface area contributed by atoms with Gasteiger partial charge in [0.2, 0.25) is 0 Å². The molecule has 1 aliphatic rings. The second-order valence-corrected chi connectivity index (χ2v) is 4.84. The molecule has 0 spiro atoms. The van der Waals surface area contributed by atoms with Gasteiger partial charge in [0, 0.05) is 29.7 Å². The molecule has 0 radical (unpaired) electrons. The van der Waals surface area contributed by atoms with Gasteiger partial charge in [-0.3, -0.25) is 0 Å². The van der Waals surface area contributed by atoms with Crippen molar-refractivity contribution in [2.75, 3.05) is 31.1 Å². The van der Waals surface area contributed by atoms with E-state index in [9.17, 15) is 4.39 Å². The summed E-state index contributed by atoms with van der Waals surface area (Å²) in [6, 6.07) is 4.39. The molecule has 1 aromatic carbocycles. The van der Waals surface area contributed by atoms with Crippen molar-refractivity contribution in [1.82, 2.24) is 0 Å². The summed E-state index contributed by atoms with van der Waals surface area (Å²) in [7, 11) is 0. The van der Waals surface area contributed by atoms with Gasteiger partial charge in [-0.1, -0.05) is 5.11 Å². The summed E-state index contributed by atoms with van der Waals surface area (Å²) in [5.41, 5.74) is 16.0. The standard InChI is InChI=1S/C13H18FN5O/c1-9(15)12-6-10(14)2-3-13(12)19-4-5-20-11(8-19)7-17-18-16/h2-3,6,9,11H,4-5,7-8,15H2,1H3/t9-,11+/m1/s1. The van der Waals surface area contributed by atoms with Crippen molar-refractivity contribution < 1.29 is 9.13 Å². The largest absolute Gasteiger partial charge is 0.374 e. The summed E-state index contributed by atoms with van der Waals surface area (Å²) in [6.07, 6.45) is -0.148. The second kappa shape index (κ2) is 6.56. The Morgan fingerprint density at radius 1 is 1.65 bits per heavy atom. The summed E-state index contributed by atoms with van der Waals surface area (Å²) in [4.78, 5) is 4.84. The Labute approximate surface area is 116 Å². The number of hydrogen-bond acceptors (Lipinski definition) is 4. The zero-order chi connectivity index (χ0) is 14.5. The molecule has 0 aromatic heterocycles. The van der Waals surface area contributed by atoms with Crippen LogP contribution in [0, 0.1) is 5.82 Å². The van der Waals surface area contributed by atoms with E-state index in [2.05, 4.69) is 14.9 Å². The molecule has 6 nitrogen and oxygen atoms in total. The molecule has 2 atom stereocenters. The fraction of sp³-hybridized carbons (Fsp3) is 0.538. The molecule has 1 saturated heterocycles. The fourth-order valence-electron chi connectivity index (χ4n) is 2.35. The van der Waals surface area contributed by atoms with Crippen LogP contribution in [0.25, 0.3) is 10.4 Å². The molecule has 1 aliphatic heterocycles. The number of anilines is 1. The predicted molar refractivity (Wildman–Crippen MR) is 75.0 cm³/mol. The first-order chi connectivity index (χ1) is 9.61. The van der Waals surface area contributed by atoms with Crippen LogP contribution in [-0.4, -0.2) is 32.3 Å². The van der Waals surface area contributed by atoms with Crippen LogP contribution in [-0.2, 0) is 4.74 Å². The highest BCUT2D eigenvalue weighted by Gasteiger charge is 2.22. The normalized spacial score (nSPS) is 20.4. The van der Waals surface area contributed by atoms with Crippen LogP contribution in [0.1, 0.15) is 18.5 Å². The summed E-state index contributed by atoms with van der Waals surface area (Å²) < 4.78 is 18.9. The molecule has 0 unspecified atom stereocenters. The molecule has 20 heavy (non-hydrogen) atoms. The lowest BCUT2D eigenvalue weighted by Gasteiger charge is -2.35. The molecule has 1 aromatic rings. The van der Waals surface area contributed by atoms with E-state index in [1.54, 1.807) is 6.07 Å². The Morgan fingerprint density at radius 2 is 2.45 bits per heavy atom. The molecule has 0 bridgehead atoms. The van der Waals surface area contributed by atoms with E-state index < -0.39 is 0 Å². The monoisotopic (exact) mass is 279 g/mol. The van der Waals surface area contributed by atoms with E-state index in [4.69, 9.17) is 16.0 Å². The average molecular weight is 279 g/mol. The van der Waals surface area contributed by atoms with Crippen molar-refractivity contribution in [2.24, 2.45) is 10.8 Å². The lowest BCUT2D eigenvalue weighted by molar-refractivity contribution is 0.0465. The quantitative estimate of drug-likeness (QED) is 0.521. The number of benzene rings is 1. The van der Waals surface area contributed by atoms with Crippen LogP contribution in [0.15, 0.2) is 23.3 Å². The minimum absolute atomic E-state index is 0.148. The maximum atomic E-state index is 13.4. The van der Waals surface area contributed by atoms with Crippen LogP contribution in [0.5, 0.6) is 0 Å². The molecule has 2 rings (SSSR count). The van der Waals surface area contributed by atoms with Crippen molar-refractivity contribution in [3.8, 4) is 0 Å². The van der Waals surface area contributed by atoms with Crippen LogP contribution < -0.4 is 10.6 Å². The molecule has 108 valence electrons.